The Morgan fingerprint density at radius 1 is 0.800 bits per heavy atom. The van der Waals surface area contributed by atoms with Crippen molar-refractivity contribution in [3.05, 3.63) is 130 Å². The van der Waals surface area contributed by atoms with Crippen molar-refractivity contribution in [3.63, 3.8) is 0 Å². The molecule has 40 heavy (non-hydrogen) atoms. The van der Waals surface area contributed by atoms with Crippen LogP contribution in [0.15, 0.2) is 102 Å². The number of nitro groups is 1. The van der Waals surface area contributed by atoms with E-state index >= 15 is 0 Å². The Labute approximate surface area is 226 Å². The molecule has 0 saturated heterocycles. The number of carbonyl (C=O) groups excluding carboxylic acids is 4. The normalized spacial score (nSPS) is 10.5. The molecule has 0 aliphatic heterocycles. The van der Waals surface area contributed by atoms with Gasteiger partial charge < -0.3 is 14.5 Å². The summed E-state index contributed by atoms with van der Waals surface area (Å²) in [7, 11) is 0. The van der Waals surface area contributed by atoms with Gasteiger partial charge in [-0.05, 0) is 60.7 Å². The maximum absolute atomic E-state index is 12.5. The average Bonchev–Trinajstić information content (AvgIpc) is 3.51. The summed E-state index contributed by atoms with van der Waals surface area (Å²) in [6, 6.07) is 20.4. The van der Waals surface area contributed by atoms with Gasteiger partial charge in [0.05, 0.1) is 16.7 Å². The van der Waals surface area contributed by atoms with Crippen LogP contribution in [0.5, 0.6) is 5.75 Å². The summed E-state index contributed by atoms with van der Waals surface area (Å²) in [5, 5.41) is 13.4. The summed E-state index contributed by atoms with van der Waals surface area (Å²) in [6.07, 6.45) is 3.90. The molecule has 0 saturated carbocycles. The summed E-state index contributed by atoms with van der Waals surface area (Å²) in [6.45, 7) is 0. The fourth-order valence-corrected chi connectivity index (χ4v) is 3.29. The molecule has 12 nitrogen and oxygen atoms in total. The Bertz CT molecular complexity index is 1580. The third-order valence-corrected chi connectivity index (χ3v) is 5.30. The van der Waals surface area contributed by atoms with Crippen molar-refractivity contribution in [1.29, 1.82) is 0 Å². The number of nitrogens with one attached hydrogen (secondary N) is 3. The monoisotopic (exact) mass is 540 g/mol. The van der Waals surface area contributed by atoms with Crippen LogP contribution in [0.25, 0.3) is 6.08 Å². The number of para-hydroxylation sites is 1. The molecule has 0 radical (unpaired) electrons. The number of rotatable bonds is 8. The highest BCUT2D eigenvalue weighted by Gasteiger charge is 2.14. The molecule has 1 aromatic heterocycles. The molecular weight excluding hydrogens is 520 g/mol. The van der Waals surface area contributed by atoms with Gasteiger partial charge in [0.25, 0.3) is 23.4 Å². The highest BCUT2D eigenvalue weighted by atomic mass is 16.6. The molecule has 0 aliphatic rings. The maximum Gasteiger partial charge on any atom is 0.343 e. The summed E-state index contributed by atoms with van der Waals surface area (Å²) in [4.78, 5) is 59.3. The fraction of sp³-hybridized carbons (Fsp3) is 0. The van der Waals surface area contributed by atoms with Crippen molar-refractivity contribution in [2.75, 3.05) is 5.32 Å². The average molecular weight is 540 g/mol. The Morgan fingerprint density at radius 2 is 1.50 bits per heavy atom. The van der Waals surface area contributed by atoms with Gasteiger partial charge in [-0.2, -0.15) is 0 Å². The molecular formula is C28H20N4O8. The number of amides is 3. The summed E-state index contributed by atoms with van der Waals surface area (Å²) in [5.41, 5.74) is 5.53. The van der Waals surface area contributed by atoms with Crippen molar-refractivity contribution in [2.24, 2.45) is 0 Å². The van der Waals surface area contributed by atoms with Crippen molar-refractivity contribution in [3.8, 4) is 5.75 Å². The number of esters is 1. The third-order valence-electron chi connectivity index (χ3n) is 5.30. The van der Waals surface area contributed by atoms with Gasteiger partial charge in [-0.1, -0.05) is 18.2 Å². The SMILES string of the molecule is O=C(/C=C/c1ccccc1OC(=O)c1ccc([N+](=O)[O-])cc1)NNC(=O)c1ccc(NC(=O)c2ccco2)cc1. The van der Waals surface area contributed by atoms with Crippen LogP contribution in [0.4, 0.5) is 11.4 Å². The minimum atomic E-state index is -0.737. The number of hydrogen-bond donors (Lipinski definition) is 3. The highest BCUT2D eigenvalue weighted by Crippen LogP contribution is 2.21. The first kappa shape index (κ1) is 27.0. The number of carbonyl (C=O) groups is 4. The van der Waals surface area contributed by atoms with Crippen LogP contribution >= 0.6 is 0 Å². The molecule has 12 heteroatoms. The number of non-ortho nitro benzene ring substituents is 1. The van der Waals surface area contributed by atoms with Gasteiger partial charge in [-0.25, -0.2) is 4.79 Å². The van der Waals surface area contributed by atoms with Gasteiger partial charge in [0, 0.05) is 35.0 Å². The molecule has 3 aromatic carbocycles. The molecule has 0 fully saturated rings. The third kappa shape index (κ3) is 7.04. The van der Waals surface area contributed by atoms with E-state index in [2.05, 4.69) is 16.2 Å². The van der Waals surface area contributed by atoms with E-state index < -0.39 is 28.6 Å². The molecule has 4 aromatic rings. The molecule has 3 amide bonds. The predicted molar refractivity (Wildman–Crippen MR) is 142 cm³/mol. The summed E-state index contributed by atoms with van der Waals surface area (Å²) < 4.78 is 10.4. The zero-order chi connectivity index (χ0) is 28.5. The first-order valence-corrected chi connectivity index (χ1v) is 11.6. The van der Waals surface area contributed by atoms with Crippen LogP contribution in [0, 0.1) is 10.1 Å². The van der Waals surface area contributed by atoms with Crippen LogP contribution in [-0.2, 0) is 4.79 Å². The van der Waals surface area contributed by atoms with E-state index in [9.17, 15) is 29.3 Å². The Hall–Kier alpha value is -6.04. The number of hydrazine groups is 1. The van der Waals surface area contributed by atoms with Crippen molar-refractivity contribution < 1.29 is 33.3 Å². The van der Waals surface area contributed by atoms with E-state index in [4.69, 9.17) is 9.15 Å². The van der Waals surface area contributed by atoms with Gasteiger partial charge in [-0.15, -0.1) is 0 Å². The number of nitrogens with zero attached hydrogens (tertiary/aromatic N) is 1. The molecule has 200 valence electrons. The highest BCUT2D eigenvalue weighted by molar-refractivity contribution is 6.03. The van der Waals surface area contributed by atoms with Gasteiger partial charge in [0.1, 0.15) is 5.75 Å². The lowest BCUT2D eigenvalue weighted by atomic mass is 10.1. The topological polar surface area (TPSA) is 170 Å². The minimum absolute atomic E-state index is 0.109. The lowest BCUT2D eigenvalue weighted by Gasteiger charge is -2.08. The largest absolute Gasteiger partial charge is 0.459 e. The molecule has 0 unspecified atom stereocenters. The number of hydrogen-bond acceptors (Lipinski definition) is 8. The zero-order valence-electron chi connectivity index (χ0n) is 20.5. The number of furan rings is 1. The summed E-state index contributed by atoms with van der Waals surface area (Å²) >= 11 is 0. The van der Waals surface area contributed by atoms with E-state index in [1.165, 1.54) is 73.0 Å². The summed E-state index contributed by atoms with van der Waals surface area (Å²) in [5.74, 6) is -2.14. The van der Waals surface area contributed by atoms with Gasteiger partial charge in [0.15, 0.2) is 5.76 Å². The Kier molecular flexibility index (Phi) is 8.42. The van der Waals surface area contributed by atoms with E-state index in [1.54, 1.807) is 24.3 Å². The van der Waals surface area contributed by atoms with Gasteiger partial charge in [0.2, 0.25) is 0 Å². The van der Waals surface area contributed by atoms with E-state index in [0.717, 1.165) is 6.08 Å². The first-order chi connectivity index (χ1) is 19.3. The fourth-order valence-electron chi connectivity index (χ4n) is 3.29. The zero-order valence-corrected chi connectivity index (χ0v) is 20.5. The number of anilines is 1. The number of nitro benzene ring substituents is 1. The van der Waals surface area contributed by atoms with E-state index in [1.807, 2.05) is 0 Å². The Morgan fingerprint density at radius 3 is 2.17 bits per heavy atom. The van der Waals surface area contributed by atoms with E-state index in [0.29, 0.717) is 11.3 Å². The smallest absolute Gasteiger partial charge is 0.343 e. The van der Waals surface area contributed by atoms with Crippen LogP contribution in [0.2, 0.25) is 0 Å². The number of benzene rings is 3. The quantitative estimate of drug-likeness (QED) is 0.0984. The first-order valence-electron chi connectivity index (χ1n) is 11.6. The van der Waals surface area contributed by atoms with Crippen molar-refractivity contribution in [2.45, 2.75) is 0 Å². The predicted octanol–water partition coefficient (Wildman–Crippen LogP) is 4.13. The second-order valence-electron chi connectivity index (χ2n) is 8.02. The molecule has 4 rings (SSSR count). The lowest BCUT2D eigenvalue weighted by Crippen LogP contribution is -2.40. The number of ether oxygens (including phenoxy) is 1. The molecule has 0 atom stereocenters. The van der Waals surface area contributed by atoms with Gasteiger partial charge >= 0.3 is 5.97 Å². The van der Waals surface area contributed by atoms with Crippen molar-refractivity contribution in [1.82, 2.24) is 10.9 Å². The molecule has 1 heterocycles. The van der Waals surface area contributed by atoms with E-state index in [-0.39, 0.29) is 28.3 Å². The lowest BCUT2D eigenvalue weighted by molar-refractivity contribution is -0.384. The Balaban J connectivity index is 1.30. The second kappa shape index (κ2) is 12.5. The minimum Gasteiger partial charge on any atom is -0.459 e. The molecule has 0 bridgehead atoms. The van der Waals surface area contributed by atoms with Crippen LogP contribution in [-0.4, -0.2) is 28.6 Å². The maximum atomic E-state index is 12.5. The van der Waals surface area contributed by atoms with Crippen LogP contribution < -0.4 is 20.9 Å². The van der Waals surface area contributed by atoms with Crippen LogP contribution in [0.3, 0.4) is 0 Å². The molecule has 0 aliphatic carbocycles. The molecule has 0 spiro atoms. The van der Waals surface area contributed by atoms with Crippen molar-refractivity contribution >= 4 is 41.1 Å². The van der Waals surface area contributed by atoms with Crippen LogP contribution in [0.1, 0.15) is 36.8 Å². The van der Waals surface area contributed by atoms with Gasteiger partial charge in [-0.3, -0.25) is 35.3 Å². The standard InChI is InChI=1S/C28H20N4O8/c33-25(30-31-26(34)19-7-12-21(13-8-19)29-27(35)24-6-3-17-39-24)16-11-18-4-1-2-5-23(18)40-28(36)20-9-14-22(15-10-20)32(37)38/h1-17H,(H,29,35)(H,30,33)(H,31,34)/b16-11+. The molecule has 3 N–H and O–H groups in total. The second-order valence-corrected chi connectivity index (χ2v) is 8.02.